The molecule has 1 unspecified atom stereocenters. The van der Waals surface area contributed by atoms with Gasteiger partial charge in [-0.2, -0.15) is 0 Å². The Balaban J connectivity index is 2.06. The highest BCUT2D eigenvalue weighted by Crippen LogP contribution is 2.11. The molecular formula is C12H26N2. The van der Waals surface area contributed by atoms with Gasteiger partial charge >= 0.3 is 0 Å². The fraction of sp³-hybridized carbons (Fsp3) is 1.00. The van der Waals surface area contributed by atoms with E-state index in [9.17, 15) is 0 Å². The van der Waals surface area contributed by atoms with Crippen LogP contribution in [0.3, 0.4) is 0 Å². The maximum absolute atomic E-state index is 2.62. The molecular weight excluding hydrogens is 172 g/mol. The first-order chi connectivity index (χ1) is 6.72. The number of nitrogens with zero attached hydrogens (tertiary/aromatic N) is 2. The lowest BCUT2D eigenvalue weighted by atomic mass is 10.0. The maximum Gasteiger partial charge on any atom is 0.0110 e. The van der Waals surface area contributed by atoms with Crippen molar-refractivity contribution in [3.05, 3.63) is 0 Å². The molecule has 1 fully saturated rings. The molecule has 84 valence electrons. The van der Waals surface area contributed by atoms with Gasteiger partial charge in [0.15, 0.2) is 0 Å². The predicted molar refractivity (Wildman–Crippen MR) is 62.6 cm³/mol. The molecule has 0 radical (unpaired) electrons. The summed E-state index contributed by atoms with van der Waals surface area (Å²) in [5.74, 6) is 0.916. The molecule has 1 aliphatic rings. The van der Waals surface area contributed by atoms with E-state index in [4.69, 9.17) is 0 Å². The van der Waals surface area contributed by atoms with E-state index in [1.807, 2.05) is 0 Å². The Labute approximate surface area is 89.3 Å². The van der Waals surface area contributed by atoms with Gasteiger partial charge in [0.1, 0.15) is 0 Å². The molecule has 1 aliphatic heterocycles. The molecule has 0 spiro atoms. The van der Waals surface area contributed by atoms with Gasteiger partial charge in [-0.15, -0.1) is 0 Å². The Morgan fingerprint density at radius 1 is 1.07 bits per heavy atom. The Morgan fingerprint density at radius 2 is 1.71 bits per heavy atom. The van der Waals surface area contributed by atoms with Crippen molar-refractivity contribution >= 4 is 0 Å². The molecule has 0 aromatic heterocycles. The largest absolute Gasteiger partial charge is 0.304 e. The summed E-state index contributed by atoms with van der Waals surface area (Å²) < 4.78 is 0. The third-order valence-corrected chi connectivity index (χ3v) is 3.32. The smallest absolute Gasteiger partial charge is 0.0110 e. The van der Waals surface area contributed by atoms with Crippen molar-refractivity contribution in [1.29, 1.82) is 0 Å². The second-order valence-electron chi connectivity index (χ2n) is 4.83. The Hall–Kier alpha value is -0.0800. The van der Waals surface area contributed by atoms with Crippen molar-refractivity contribution in [3.63, 3.8) is 0 Å². The van der Waals surface area contributed by atoms with Crippen molar-refractivity contribution in [3.8, 4) is 0 Å². The van der Waals surface area contributed by atoms with Crippen LogP contribution in [0.1, 0.15) is 33.1 Å². The first kappa shape index (κ1) is 12.0. The number of hydrogen-bond acceptors (Lipinski definition) is 2. The van der Waals surface area contributed by atoms with Crippen molar-refractivity contribution in [2.24, 2.45) is 5.92 Å². The summed E-state index contributed by atoms with van der Waals surface area (Å²) in [7, 11) is 2.22. The van der Waals surface area contributed by atoms with Crippen molar-refractivity contribution in [2.75, 3.05) is 39.8 Å². The van der Waals surface area contributed by atoms with Crippen molar-refractivity contribution in [2.45, 2.75) is 33.1 Å². The molecule has 0 saturated carbocycles. The molecule has 14 heavy (non-hydrogen) atoms. The van der Waals surface area contributed by atoms with Gasteiger partial charge in [-0.25, -0.2) is 0 Å². The fourth-order valence-electron chi connectivity index (χ4n) is 2.11. The molecule has 0 aromatic rings. The summed E-state index contributed by atoms with van der Waals surface area (Å²) in [6, 6.07) is 0. The van der Waals surface area contributed by atoms with Gasteiger partial charge in [0, 0.05) is 26.2 Å². The molecule has 0 bridgehead atoms. The summed E-state index contributed by atoms with van der Waals surface area (Å²) in [6.07, 6.45) is 4.12. The second-order valence-corrected chi connectivity index (χ2v) is 4.83. The fourth-order valence-corrected chi connectivity index (χ4v) is 2.11. The summed E-state index contributed by atoms with van der Waals surface area (Å²) in [5, 5.41) is 0. The zero-order valence-electron chi connectivity index (χ0n) is 10.1. The lowest BCUT2D eigenvalue weighted by Crippen LogP contribution is -2.44. The molecule has 1 saturated heterocycles. The predicted octanol–water partition coefficient (Wildman–Crippen LogP) is 2.06. The minimum absolute atomic E-state index is 0.916. The number of rotatable bonds is 5. The van der Waals surface area contributed by atoms with E-state index >= 15 is 0 Å². The van der Waals surface area contributed by atoms with E-state index in [-0.39, 0.29) is 0 Å². The molecule has 0 amide bonds. The van der Waals surface area contributed by atoms with Gasteiger partial charge in [0.2, 0.25) is 0 Å². The summed E-state index contributed by atoms with van der Waals surface area (Å²) >= 11 is 0. The zero-order chi connectivity index (χ0) is 10.4. The van der Waals surface area contributed by atoms with E-state index in [1.54, 1.807) is 0 Å². The maximum atomic E-state index is 2.62. The van der Waals surface area contributed by atoms with Gasteiger partial charge in [0.25, 0.3) is 0 Å². The topological polar surface area (TPSA) is 6.48 Å². The Morgan fingerprint density at radius 3 is 2.29 bits per heavy atom. The van der Waals surface area contributed by atoms with Gasteiger partial charge in [-0.3, -0.25) is 0 Å². The van der Waals surface area contributed by atoms with Gasteiger partial charge in [-0.1, -0.05) is 26.7 Å². The van der Waals surface area contributed by atoms with Crippen LogP contribution in [0.25, 0.3) is 0 Å². The van der Waals surface area contributed by atoms with Crippen LogP contribution in [0.5, 0.6) is 0 Å². The molecule has 0 N–H and O–H groups in total. The number of piperazine rings is 1. The lowest BCUT2D eigenvalue weighted by Gasteiger charge is -2.32. The van der Waals surface area contributed by atoms with E-state index in [0.717, 1.165) is 5.92 Å². The summed E-state index contributed by atoms with van der Waals surface area (Å²) in [5.41, 5.74) is 0. The van der Waals surface area contributed by atoms with Crippen LogP contribution in [0.2, 0.25) is 0 Å². The Kier molecular flexibility index (Phi) is 5.49. The quantitative estimate of drug-likeness (QED) is 0.667. The van der Waals surface area contributed by atoms with Gasteiger partial charge < -0.3 is 9.80 Å². The van der Waals surface area contributed by atoms with Crippen LogP contribution < -0.4 is 0 Å². The highest BCUT2D eigenvalue weighted by atomic mass is 15.2. The van der Waals surface area contributed by atoms with Crippen LogP contribution in [0.15, 0.2) is 0 Å². The van der Waals surface area contributed by atoms with Crippen LogP contribution >= 0.6 is 0 Å². The monoisotopic (exact) mass is 198 g/mol. The van der Waals surface area contributed by atoms with Crippen LogP contribution in [-0.4, -0.2) is 49.6 Å². The normalized spacial score (nSPS) is 22.5. The second kappa shape index (κ2) is 6.41. The van der Waals surface area contributed by atoms with Gasteiger partial charge in [-0.05, 0) is 25.9 Å². The van der Waals surface area contributed by atoms with E-state index < -0.39 is 0 Å². The minimum atomic E-state index is 0.916. The standard InChI is InChI=1S/C12H26N2/c1-4-5-12(2)6-7-14-10-8-13(3)9-11-14/h12H,4-11H2,1-3H3. The van der Waals surface area contributed by atoms with Crippen LogP contribution in [0.4, 0.5) is 0 Å². The average molecular weight is 198 g/mol. The SMILES string of the molecule is CCCC(C)CCN1CCN(C)CC1. The van der Waals surface area contributed by atoms with E-state index in [2.05, 4.69) is 30.7 Å². The summed E-state index contributed by atoms with van der Waals surface area (Å²) in [4.78, 5) is 5.04. The third kappa shape index (κ3) is 4.43. The molecule has 2 nitrogen and oxygen atoms in total. The highest BCUT2D eigenvalue weighted by molar-refractivity contribution is 4.69. The number of hydrogen-bond donors (Lipinski definition) is 0. The van der Waals surface area contributed by atoms with Gasteiger partial charge in [0.05, 0.1) is 0 Å². The van der Waals surface area contributed by atoms with E-state index in [1.165, 1.54) is 52.0 Å². The average Bonchev–Trinajstić information content (AvgIpc) is 2.17. The Bertz CT molecular complexity index is 139. The minimum Gasteiger partial charge on any atom is -0.304 e. The third-order valence-electron chi connectivity index (χ3n) is 3.32. The highest BCUT2D eigenvalue weighted by Gasteiger charge is 2.13. The van der Waals surface area contributed by atoms with Crippen molar-refractivity contribution in [1.82, 2.24) is 9.80 Å². The van der Waals surface area contributed by atoms with Crippen LogP contribution in [-0.2, 0) is 0 Å². The number of likely N-dealkylation sites (N-methyl/N-ethyl adjacent to an activating group) is 1. The molecule has 2 heteroatoms. The molecule has 0 aliphatic carbocycles. The summed E-state index contributed by atoms with van der Waals surface area (Å²) in [6.45, 7) is 11.0. The van der Waals surface area contributed by atoms with E-state index in [0.29, 0.717) is 0 Å². The first-order valence-corrected chi connectivity index (χ1v) is 6.13. The first-order valence-electron chi connectivity index (χ1n) is 6.13. The molecule has 0 aromatic carbocycles. The van der Waals surface area contributed by atoms with Crippen LogP contribution in [0, 0.1) is 5.92 Å². The molecule has 1 atom stereocenters. The van der Waals surface area contributed by atoms with Crippen molar-refractivity contribution < 1.29 is 0 Å². The molecule has 1 heterocycles. The lowest BCUT2D eigenvalue weighted by molar-refractivity contribution is 0.147. The zero-order valence-corrected chi connectivity index (χ0v) is 10.1. The molecule has 1 rings (SSSR count).